The maximum atomic E-state index is 12.0. The molecule has 0 N–H and O–H groups in total. The Hall–Kier alpha value is -1.82. The van der Waals surface area contributed by atoms with Gasteiger partial charge < -0.3 is 4.74 Å². The second-order valence-corrected chi connectivity index (χ2v) is 6.27. The zero-order valence-electron chi connectivity index (χ0n) is 11.6. The van der Waals surface area contributed by atoms with Crippen LogP contribution in [0.25, 0.3) is 0 Å². The molecular formula is C14H15N3O2S. The third-order valence-electron chi connectivity index (χ3n) is 2.99. The number of hydrogen-bond donors (Lipinski definition) is 0. The zero-order chi connectivity index (χ0) is 14.3. The van der Waals surface area contributed by atoms with Crippen molar-refractivity contribution in [2.45, 2.75) is 32.8 Å². The van der Waals surface area contributed by atoms with Crippen LogP contribution < -0.4 is 0 Å². The first-order chi connectivity index (χ1) is 9.44. The molecule has 104 valence electrons. The minimum atomic E-state index is -0.501. The maximum absolute atomic E-state index is 12.0. The van der Waals surface area contributed by atoms with Crippen molar-refractivity contribution in [2.75, 3.05) is 0 Å². The summed E-state index contributed by atoms with van der Waals surface area (Å²) in [6.07, 6.45) is 7.64. The highest BCUT2D eigenvalue weighted by molar-refractivity contribution is 7.97. The molecule has 0 aromatic rings. The van der Waals surface area contributed by atoms with Crippen molar-refractivity contribution in [3.8, 4) is 0 Å². The Balaban J connectivity index is 1.84. The van der Waals surface area contributed by atoms with Crippen LogP contribution in [0, 0.1) is 0 Å². The molecule has 0 radical (unpaired) electrons. The quantitative estimate of drug-likeness (QED) is 0.642. The minimum Gasteiger partial charge on any atom is -0.443 e. The molecule has 20 heavy (non-hydrogen) atoms. The van der Waals surface area contributed by atoms with E-state index in [1.807, 2.05) is 39.3 Å². The molecule has 0 fully saturated rings. The van der Waals surface area contributed by atoms with E-state index in [-0.39, 0.29) is 6.09 Å². The predicted octanol–water partition coefficient (Wildman–Crippen LogP) is 3.42. The van der Waals surface area contributed by atoms with E-state index >= 15 is 0 Å². The van der Waals surface area contributed by atoms with Crippen LogP contribution in [-0.4, -0.2) is 28.5 Å². The fourth-order valence-corrected chi connectivity index (χ4v) is 2.64. The molecule has 0 atom stereocenters. The minimum absolute atomic E-state index is 0.370. The summed E-state index contributed by atoms with van der Waals surface area (Å²) in [5.41, 5.74) is 3.73. The fourth-order valence-electron chi connectivity index (χ4n) is 2.18. The first-order valence-corrected chi connectivity index (χ1v) is 7.09. The molecule has 0 unspecified atom stereocenters. The van der Waals surface area contributed by atoms with Crippen LogP contribution in [0.4, 0.5) is 4.79 Å². The van der Waals surface area contributed by atoms with Gasteiger partial charge in [0.1, 0.15) is 17.7 Å². The second-order valence-electron chi connectivity index (χ2n) is 5.72. The summed E-state index contributed by atoms with van der Waals surface area (Å²) in [7, 11) is 0. The van der Waals surface area contributed by atoms with E-state index in [1.165, 1.54) is 17.0 Å². The molecule has 5 nitrogen and oxygen atoms in total. The lowest BCUT2D eigenvalue weighted by Gasteiger charge is -2.25. The van der Waals surface area contributed by atoms with Gasteiger partial charge in [-0.15, -0.1) is 0 Å². The van der Waals surface area contributed by atoms with Crippen LogP contribution in [0.15, 0.2) is 44.0 Å². The van der Waals surface area contributed by atoms with Crippen LogP contribution in [0.5, 0.6) is 0 Å². The number of ether oxygens (including phenoxy) is 1. The van der Waals surface area contributed by atoms with Gasteiger partial charge >= 0.3 is 6.09 Å². The van der Waals surface area contributed by atoms with E-state index in [1.54, 1.807) is 6.20 Å². The van der Waals surface area contributed by atoms with E-state index < -0.39 is 5.60 Å². The molecule has 0 bridgehead atoms. The van der Waals surface area contributed by atoms with Crippen LogP contribution in [0.2, 0.25) is 0 Å². The molecule has 6 heteroatoms. The van der Waals surface area contributed by atoms with Crippen molar-refractivity contribution >= 4 is 30.2 Å². The van der Waals surface area contributed by atoms with Crippen molar-refractivity contribution in [3.05, 3.63) is 35.2 Å². The number of amides is 1. The second kappa shape index (κ2) is 4.63. The maximum Gasteiger partial charge on any atom is 0.418 e. The largest absolute Gasteiger partial charge is 0.443 e. The molecular weight excluding hydrogens is 274 g/mol. The van der Waals surface area contributed by atoms with E-state index in [0.29, 0.717) is 0 Å². The summed E-state index contributed by atoms with van der Waals surface area (Å²) in [6.45, 7) is 5.56. The van der Waals surface area contributed by atoms with Crippen molar-refractivity contribution in [2.24, 2.45) is 8.80 Å². The highest BCUT2D eigenvalue weighted by Crippen LogP contribution is 2.35. The predicted molar refractivity (Wildman–Crippen MR) is 80.5 cm³/mol. The zero-order valence-corrected chi connectivity index (χ0v) is 12.4. The molecule has 3 aliphatic rings. The van der Waals surface area contributed by atoms with Gasteiger partial charge in [0.2, 0.25) is 0 Å². The number of carbonyl (C=O) groups excluding carboxylic acids is 1. The average molecular weight is 289 g/mol. The Morgan fingerprint density at radius 1 is 1.40 bits per heavy atom. The van der Waals surface area contributed by atoms with E-state index in [0.717, 1.165) is 28.9 Å². The fraction of sp³-hybridized carbons (Fsp3) is 0.357. The Labute approximate surface area is 122 Å². The SMILES string of the molecule is CC(C)(C)OC(=O)N1C=CC2=C3C=NSN=C3CC2=C1. The third-order valence-corrected chi connectivity index (χ3v) is 3.49. The van der Waals surface area contributed by atoms with E-state index in [2.05, 4.69) is 8.80 Å². The van der Waals surface area contributed by atoms with E-state index in [4.69, 9.17) is 4.74 Å². The highest BCUT2D eigenvalue weighted by atomic mass is 32.2. The Bertz CT molecular complexity index is 621. The smallest absolute Gasteiger partial charge is 0.418 e. The van der Waals surface area contributed by atoms with Crippen molar-refractivity contribution < 1.29 is 9.53 Å². The first kappa shape index (κ1) is 13.2. The Morgan fingerprint density at radius 2 is 2.20 bits per heavy atom. The van der Waals surface area contributed by atoms with Gasteiger partial charge in [-0.1, -0.05) is 0 Å². The summed E-state index contributed by atoms with van der Waals surface area (Å²) < 4.78 is 13.8. The lowest BCUT2D eigenvalue weighted by molar-refractivity contribution is 0.0397. The van der Waals surface area contributed by atoms with Gasteiger partial charge in [-0.25, -0.2) is 9.19 Å². The highest BCUT2D eigenvalue weighted by Gasteiger charge is 2.29. The third kappa shape index (κ3) is 2.43. The van der Waals surface area contributed by atoms with Gasteiger partial charge in [0.15, 0.2) is 0 Å². The van der Waals surface area contributed by atoms with Gasteiger partial charge in [-0.05, 0) is 38.0 Å². The average Bonchev–Trinajstić information content (AvgIpc) is 2.74. The number of carbonyl (C=O) groups is 1. The standard InChI is InChI=1S/C14H15N3O2S/c1-14(2,3)19-13(18)17-5-4-10-9(8-17)6-12-11(10)7-15-20-16-12/h4-5,7-8H,6H2,1-3H3. The molecule has 2 heterocycles. The number of nitrogens with zero attached hydrogens (tertiary/aromatic N) is 3. The van der Waals surface area contributed by atoms with Gasteiger partial charge in [0.05, 0.1) is 5.71 Å². The number of fused-ring (bicyclic) bond motifs is 2. The van der Waals surface area contributed by atoms with Crippen LogP contribution in [0.3, 0.4) is 0 Å². The Kier molecular flexibility index (Phi) is 3.05. The summed E-state index contributed by atoms with van der Waals surface area (Å²) in [6, 6.07) is 0. The summed E-state index contributed by atoms with van der Waals surface area (Å²) in [5, 5.41) is 0. The van der Waals surface area contributed by atoms with Crippen molar-refractivity contribution in [1.29, 1.82) is 0 Å². The molecule has 0 spiro atoms. The number of rotatable bonds is 0. The van der Waals surface area contributed by atoms with Crippen LogP contribution >= 0.6 is 12.1 Å². The summed E-state index contributed by atoms with van der Waals surface area (Å²) >= 11 is 1.20. The normalized spacial score (nSPS) is 20.4. The van der Waals surface area contributed by atoms with Crippen molar-refractivity contribution in [3.63, 3.8) is 0 Å². The topological polar surface area (TPSA) is 54.3 Å². The lowest BCUT2D eigenvalue weighted by Crippen LogP contribution is -2.31. The van der Waals surface area contributed by atoms with Gasteiger partial charge in [-0.3, -0.25) is 4.90 Å². The number of allylic oxidation sites excluding steroid dienone is 4. The van der Waals surface area contributed by atoms with Crippen LogP contribution in [-0.2, 0) is 4.74 Å². The molecule has 0 saturated heterocycles. The van der Waals surface area contributed by atoms with E-state index in [9.17, 15) is 4.79 Å². The number of hydrogen-bond acceptors (Lipinski definition) is 5. The lowest BCUT2D eigenvalue weighted by atomic mass is 10.1. The van der Waals surface area contributed by atoms with Crippen LogP contribution in [0.1, 0.15) is 27.2 Å². The van der Waals surface area contributed by atoms with Gasteiger partial charge in [-0.2, -0.15) is 4.40 Å². The Morgan fingerprint density at radius 3 is 2.95 bits per heavy atom. The molecule has 2 aliphatic heterocycles. The van der Waals surface area contributed by atoms with Gasteiger partial charge in [0.25, 0.3) is 0 Å². The molecule has 1 aliphatic carbocycles. The molecule has 0 aromatic carbocycles. The monoisotopic (exact) mass is 289 g/mol. The molecule has 0 saturated carbocycles. The van der Waals surface area contributed by atoms with Crippen molar-refractivity contribution in [1.82, 2.24) is 4.90 Å². The molecule has 3 rings (SSSR count). The molecule has 1 amide bonds. The summed E-state index contributed by atoms with van der Waals surface area (Å²) in [4.78, 5) is 13.5. The first-order valence-electron chi connectivity index (χ1n) is 6.36. The molecule has 0 aromatic heterocycles. The van der Waals surface area contributed by atoms with Gasteiger partial charge in [0, 0.05) is 30.6 Å². The summed E-state index contributed by atoms with van der Waals surface area (Å²) in [5.74, 6) is 0.